The standard InChI is InChI=1S/C16H24O/c1-5-13(3)8-7-9-14-10-11-15(6-2)16(12-14)17-4/h7,9-13H,5-6,8H2,1-4H3/b9-7+. The van der Waals surface area contributed by atoms with E-state index in [0.29, 0.717) is 0 Å². The van der Waals surface area contributed by atoms with Gasteiger partial charge in [-0.25, -0.2) is 0 Å². The minimum absolute atomic E-state index is 0.767. The molecule has 17 heavy (non-hydrogen) atoms. The summed E-state index contributed by atoms with van der Waals surface area (Å²) in [6.07, 6.45) is 7.85. The van der Waals surface area contributed by atoms with Gasteiger partial charge in [-0.2, -0.15) is 0 Å². The molecule has 0 saturated heterocycles. The molecule has 0 fully saturated rings. The first-order valence-corrected chi connectivity index (χ1v) is 6.54. The Morgan fingerprint density at radius 2 is 2.06 bits per heavy atom. The van der Waals surface area contributed by atoms with Crippen LogP contribution in [-0.2, 0) is 6.42 Å². The Kier molecular flexibility index (Phi) is 5.82. The monoisotopic (exact) mass is 232 g/mol. The Morgan fingerprint density at radius 3 is 2.65 bits per heavy atom. The van der Waals surface area contributed by atoms with Gasteiger partial charge in [-0.1, -0.05) is 51.5 Å². The van der Waals surface area contributed by atoms with Gasteiger partial charge in [0.05, 0.1) is 7.11 Å². The molecule has 94 valence electrons. The van der Waals surface area contributed by atoms with E-state index in [2.05, 4.69) is 51.1 Å². The first kappa shape index (κ1) is 13.8. The van der Waals surface area contributed by atoms with E-state index in [0.717, 1.165) is 24.5 Å². The number of ether oxygens (including phenoxy) is 1. The summed E-state index contributed by atoms with van der Waals surface area (Å²) < 4.78 is 5.39. The van der Waals surface area contributed by atoms with E-state index in [9.17, 15) is 0 Å². The molecule has 0 aliphatic carbocycles. The van der Waals surface area contributed by atoms with Gasteiger partial charge in [0.25, 0.3) is 0 Å². The molecule has 0 aliphatic heterocycles. The van der Waals surface area contributed by atoms with E-state index in [-0.39, 0.29) is 0 Å². The molecule has 0 saturated carbocycles. The molecular weight excluding hydrogens is 208 g/mol. The lowest BCUT2D eigenvalue weighted by atomic mass is 10.0. The second-order valence-electron chi connectivity index (χ2n) is 4.58. The highest BCUT2D eigenvalue weighted by Crippen LogP contribution is 2.21. The maximum Gasteiger partial charge on any atom is 0.122 e. The smallest absolute Gasteiger partial charge is 0.122 e. The largest absolute Gasteiger partial charge is 0.496 e. The SMILES string of the molecule is CCc1ccc(/C=C/CC(C)CC)cc1OC. The van der Waals surface area contributed by atoms with E-state index in [1.54, 1.807) is 7.11 Å². The highest BCUT2D eigenvalue weighted by atomic mass is 16.5. The third-order valence-electron chi connectivity index (χ3n) is 3.24. The van der Waals surface area contributed by atoms with Gasteiger partial charge in [0, 0.05) is 0 Å². The number of hydrogen-bond donors (Lipinski definition) is 0. The molecule has 0 amide bonds. The maximum absolute atomic E-state index is 5.39. The molecule has 0 bridgehead atoms. The van der Waals surface area contributed by atoms with E-state index in [1.165, 1.54) is 17.5 Å². The molecule has 1 aromatic carbocycles. The predicted octanol–water partition coefficient (Wildman–Crippen LogP) is 4.71. The van der Waals surface area contributed by atoms with Crippen LogP contribution < -0.4 is 4.74 Å². The summed E-state index contributed by atoms with van der Waals surface area (Å²) in [5, 5.41) is 0. The zero-order chi connectivity index (χ0) is 12.7. The van der Waals surface area contributed by atoms with Crippen molar-refractivity contribution in [2.75, 3.05) is 7.11 Å². The second-order valence-corrected chi connectivity index (χ2v) is 4.58. The predicted molar refractivity (Wildman–Crippen MR) is 75.5 cm³/mol. The van der Waals surface area contributed by atoms with Crippen LogP contribution in [0.4, 0.5) is 0 Å². The Balaban J connectivity index is 2.72. The van der Waals surface area contributed by atoms with Gasteiger partial charge in [0.1, 0.15) is 5.75 Å². The van der Waals surface area contributed by atoms with Crippen molar-refractivity contribution >= 4 is 6.08 Å². The summed E-state index contributed by atoms with van der Waals surface area (Å²) in [5.41, 5.74) is 2.49. The highest BCUT2D eigenvalue weighted by Gasteiger charge is 2.01. The third-order valence-corrected chi connectivity index (χ3v) is 3.24. The summed E-state index contributed by atoms with van der Waals surface area (Å²) in [4.78, 5) is 0. The minimum atomic E-state index is 0.767. The molecule has 0 aromatic heterocycles. The van der Waals surface area contributed by atoms with Crippen molar-refractivity contribution in [2.24, 2.45) is 5.92 Å². The molecule has 1 heteroatoms. The summed E-state index contributed by atoms with van der Waals surface area (Å²) >= 11 is 0. The topological polar surface area (TPSA) is 9.23 Å². The summed E-state index contributed by atoms with van der Waals surface area (Å²) in [6, 6.07) is 6.43. The van der Waals surface area contributed by atoms with Crippen LogP contribution in [0.25, 0.3) is 6.08 Å². The molecule has 1 atom stereocenters. The van der Waals surface area contributed by atoms with Crippen LogP contribution in [0.2, 0.25) is 0 Å². The molecular formula is C16H24O. The summed E-state index contributed by atoms with van der Waals surface area (Å²) in [5.74, 6) is 1.77. The molecule has 0 radical (unpaired) electrons. The van der Waals surface area contributed by atoms with Gasteiger partial charge in [-0.15, -0.1) is 0 Å². The zero-order valence-corrected chi connectivity index (χ0v) is 11.5. The molecule has 1 nitrogen and oxygen atoms in total. The molecule has 1 rings (SSSR count). The van der Waals surface area contributed by atoms with Crippen molar-refractivity contribution in [3.05, 3.63) is 35.4 Å². The van der Waals surface area contributed by atoms with E-state index in [4.69, 9.17) is 4.74 Å². The normalized spacial score (nSPS) is 12.9. The van der Waals surface area contributed by atoms with Crippen molar-refractivity contribution in [1.82, 2.24) is 0 Å². The van der Waals surface area contributed by atoms with Gasteiger partial charge >= 0.3 is 0 Å². The average Bonchev–Trinajstić information content (AvgIpc) is 2.38. The molecule has 0 aliphatic rings. The number of allylic oxidation sites excluding steroid dienone is 1. The van der Waals surface area contributed by atoms with Crippen LogP contribution in [0.15, 0.2) is 24.3 Å². The highest BCUT2D eigenvalue weighted by molar-refractivity contribution is 5.53. The van der Waals surface area contributed by atoms with Crippen LogP contribution >= 0.6 is 0 Å². The van der Waals surface area contributed by atoms with Crippen molar-refractivity contribution in [3.8, 4) is 5.75 Å². The van der Waals surface area contributed by atoms with E-state index < -0.39 is 0 Å². The third kappa shape index (κ3) is 4.26. The number of hydrogen-bond acceptors (Lipinski definition) is 1. The Labute approximate surface area is 106 Å². The molecule has 1 unspecified atom stereocenters. The number of methoxy groups -OCH3 is 1. The summed E-state index contributed by atoms with van der Waals surface area (Å²) in [7, 11) is 1.74. The Bertz CT molecular complexity index is 366. The first-order chi connectivity index (χ1) is 8.21. The number of rotatable bonds is 6. The fourth-order valence-corrected chi connectivity index (χ4v) is 1.76. The van der Waals surface area contributed by atoms with Gasteiger partial charge in [-0.05, 0) is 36.0 Å². The van der Waals surface area contributed by atoms with Crippen molar-refractivity contribution < 1.29 is 4.74 Å². The van der Waals surface area contributed by atoms with Crippen LogP contribution in [-0.4, -0.2) is 7.11 Å². The van der Waals surface area contributed by atoms with Crippen molar-refractivity contribution in [3.63, 3.8) is 0 Å². The first-order valence-electron chi connectivity index (χ1n) is 6.54. The van der Waals surface area contributed by atoms with Gasteiger partial charge in [0.15, 0.2) is 0 Å². The quantitative estimate of drug-likeness (QED) is 0.690. The fourth-order valence-electron chi connectivity index (χ4n) is 1.76. The lowest BCUT2D eigenvalue weighted by molar-refractivity contribution is 0.410. The molecule has 0 N–H and O–H groups in total. The van der Waals surface area contributed by atoms with Crippen molar-refractivity contribution in [2.45, 2.75) is 40.0 Å². The second kappa shape index (κ2) is 7.16. The lowest BCUT2D eigenvalue weighted by Gasteiger charge is -2.07. The van der Waals surface area contributed by atoms with E-state index >= 15 is 0 Å². The zero-order valence-electron chi connectivity index (χ0n) is 11.5. The molecule has 0 heterocycles. The number of aryl methyl sites for hydroxylation is 1. The molecule has 0 spiro atoms. The lowest BCUT2D eigenvalue weighted by Crippen LogP contribution is -1.91. The summed E-state index contributed by atoms with van der Waals surface area (Å²) in [6.45, 7) is 6.67. The minimum Gasteiger partial charge on any atom is -0.496 e. The van der Waals surface area contributed by atoms with Gasteiger partial charge in [-0.3, -0.25) is 0 Å². The molecule has 1 aromatic rings. The van der Waals surface area contributed by atoms with Crippen LogP contribution in [0.3, 0.4) is 0 Å². The van der Waals surface area contributed by atoms with Crippen molar-refractivity contribution in [1.29, 1.82) is 0 Å². The van der Waals surface area contributed by atoms with Crippen LogP contribution in [0.1, 0.15) is 44.7 Å². The maximum atomic E-state index is 5.39. The average molecular weight is 232 g/mol. The Morgan fingerprint density at radius 1 is 1.29 bits per heavy atom. The number of benzene rings is 1. The van der Waals surface area contributed by atoms with E-state index in [1.807, 2.05) is 0 Å². The van der Waals surface area contributed by atoms with Gasteiger partial charge < -0.3 is 4.74 Å². The Hall–Kier alpha value is -1.24. The van der Waals surface area contributed by atoms with Crippen LogP contribution in [0.5, 0.6) is 5.75 Å². The fraction of sp³-hybridized carbons (Fsp3) is 0.500. The van der Waals surface area contributed by atoms with Crippen LogP contribution in [0, 0.1) is 5.92 Å². The van der Waals surface area contributed by atoms with Gasteiger partial charge in [0.2, 0.25) is 0 Å².